The van der Waals surface area contributed by atoms with E-state index in [2.05, 4.69) is 15.3 Å². The molecule has 0 unspecified atom stereocenters. The number of ether oxygens (including phenoxy) is 4. The molecule has 1 heterocycles. The van der Waals surface area contributed by atoms with E-state index in [0.29, 0.717) is 28.6 Å². The predicted octanol–water partition coefficient (Wildman–Crippen LogP) is 4.32. The van der Waals surface area contributed by atoms with Crippen molar-refractivity contribution in [2.75, 3.05) is 39.5 Å². The minimum atomic E-state index is -0.609. The van der Waals surface area contributed by atoms with E-state index in [0.717, 1.165) is 11.9 Å². The number of halogens is 2. The lowest BCUT2D eigenvalue weighted by Crippen LogP contribution is -2.01. The van der Waals surface area contributed by atoms with E-state index in [1.165, 1.54) is 7.11 Å². The van der Waals surface area contributed by atoms with Gasteiger partial charge in [-0.2, -0.15) is 4.98 Å². The van der Waals surface area contributed by atoms with Gasteiger partial charge in [0.2, 0.25) is 5.28 Å². The van der Waals surface area contributed by atoms with E-state index in [9.17, 15) is 4.39 Å². The van der Waals surface area contributed by atoms with Crippen LogP contribution >= 0.6 is 11.6 Å². The molecule has 0 radical (unpaired) electrons. The van der Waals surface area contributed by atoms with Gasteiger partial charge in [-0.1, -0.05) is 0 Å². The van der Waals surface area contributed by atoms with E-state index in [4.69, 9.17) is 36.3 Å². The molecule has 3 aromatic rings. The fraction of sp³-hybridized carbons (Fsp3) is 0.200. The molecule has 0 aliphatic heterocycles. The zero-order valence-electron chi connectivity index (χ0n) is 16.9. The Morgan fingerprint density at radius 3 is 2.10 bits per heavy atom. The number of hydrogen-bond donors (Lipinski definition) is 2. The van der Waals surface area contributed by atoms with Crippen LogP contribution in [0.5, 0.6) is 23.0 Å². The molecule has 0 aliphatic rings. The van der Waals surface area contributed by atoms with Crippen molar-refractivity contribution in [3.63, 3.8) is 0 Å². The van der Waals surface area contributed by atoms with E-state index in [1.807, 2.05) is 0 Å². The molecule has 8 nitrogen and oxygen atoms in total. The summed E-state index contributed by atoms with van der Waals surface area (Å²) in [5.74, 6) is 1.88. The minimum absolute atomic E-state index is 0.0246. The molecular formula is C20H22ClFN4O4. The van der Waals surface area contributed by atoms with Gasteiger partial charge in [0.1, 0.15) is 23.0 Å². The van der Waals surface area contributed by atoms with Crippen LogP contribution in [0.3, 0.4) is 0 Å². The SMILES string of the molecule is COc1ccc(N)c(OC)c1.COc1ccc(Nc2nc(Cl)ncc2F)c(OC)c1. The number of benzene rings is 2. The monoisotopic (exact) mass is 436 g/mol. The Bertz CT molecular complexity index is 991. The normalized spacial score (nSPS) is 9.80. The van der Waals surface area contributed by atoms with E-state index in [1.54, 1.807) is 57.7 Å². The molecular weight excluding hydrogens is 415 g/mol. The Balaban J connectivity index is 0.000000248. The standard InChI is InChI=1S/C12H11ClFN3O2.C8H11NO2/c1-18-7-3-4-9(10(5-7)19-2)16-11-8(14)6-15-12(13)17-11;1-10-6-3-4-7(9)8(5-6)11-2/h3-6H,1-2H3,(H,15,16,17);3-5H,9H2,1-2H3. The van der Waals surface area contributed by atoms with Crippen molar-refractivity contribution in [1.29, 1.82) is 0 Å². The molecule has 0 saturated heterocycles. The molecule has 0 fully saturated rings. The zero-order chi connectivity index (χ0) is 22.1. The maximum Gasteiger partial charge on any atom is 0.224 e. The lowest BCUT2D eigenvalue weighted by atomic mass is 10.2. The smallest absolute Gasteiger partial charge is 0.224 e. The Labute approximate surface area is 178 Å². The Morgan fingerprint density at radius 2 is 1.50 bits per heavy atom. The molecule has 30 heavy (non-hydrogen) atoms. The van der Waals surface area contributed by atoms with Gasteiger partial charge in [0, 0.05) is 12.1 Å². The highest BCUT2D eigenvalue weighted by Crippen LogP contribution is 2.31. The Morgan fingerprint density at radius 1 is 0.900 bits per heavy atom. The summed E-state index contributed by atoms with van der Waals surface area (Å²) in [5.41, 5.74) is 6.73. The van der Waals surface area contributed by atoms with Crippen LogP contribution in [-0.2, 0) is 0 Å². The summed E-state index contributed by atoms with van der Waals surface area (Å²) in [5, 5.41) is 2.75. The number of anilines is 3. The highest BCUT2D eigenvalue weighted by atomic mass is 35.5. The number of aromatic nitrogens is 2. The quantitative estimate of drug-likeness (QED) is 0.435. The second-order valence-corrected chi connectivity index (χ2v) is 5.97. The number of methoxy groups -OCH3 is 4. The average molecular weight is 437 g/mol. The number of rotatable bonds is 6. The molecule has 2 aromatic carbocycles. The third-order valence-electron chi connectivity index (χ3n) is 3.82. The van der Waals surface area contributed by atoms with E-state index < -0.39 is 5.82 Å². The summed E-state index contributed by atoms with van der Waals surface area (Å²) in [6, 6.07) is 10.4. The van der Waals surface area contributed by atoms with Crippen LogP contribution < -0.4 is 30.0 Å². The summed E-state index contributed by atoms with van der Waals surface area (Å²) in [6.07, 6.45) is 0.994. The molecule has 0 aliphatic carbocycles. The van der Waals surface area contributed by atoms with Gasteiger partial charge in [-0.15, -0.1) is 0 Å². The third-order valence-corrected chi connectivity index (χ3v) is 4.00. The predicted molar refractivity (Wildman–Crippen MR) is 114 cm³/mol. The minimum Gasteiger partial charge on any atom is -0.497 e. The number of nitrogens with one attached hydrogen (secondary N) is 1. The Kier molecular flexibility index (Phi) is 8.30. The highest BCUT2D eigenvalue weighted by molar-refractivity contribution is 6.28. The first kappa shape index (κ1) is 22.8. The summed E-state index contributed by atoms with van der Waals surface area (Å²) >= 11 is 5.62. The van der Waals surface area contributed by atoms with Crippen LogP contribution in [-0.4, -0.2) is 38.4 Å². The summed E-state index contributed by atoms with van der Waals surface area (Å²) < 4.78 is 33.7. The van der Waals surface area contributed by atoms with Gasteiger partial charge in [-0.3, -0.25) is 0 Å². The number of nitrogens with two attached hydrogens (primary N) is 1. The largest absolute Gasteiger partial charge is 0.497 e. The molecule has 0 spiro atoms. The third kappa shape index (κ3) is 6.02. The van der Waals surface area contributed by atoms with Crippen molar-refractivity contribution in [1.82, 2.24) is 9.97 Å². The van der Waals surface area contributed by atoms with Gasteiger partial charge < -0.3 is 30.0 Å². The highest BCUT2D eigenvalue weighted by Gasteiger charge is 2.10. The molecule has 10 heteroatoms. The van der Waals surface area contributed by atoms with E-state index in [-0.39, 0.29) is 11.1 Å². The van der Waals surface area contributed by atoms with Crippen LogP contribution in [0.2, 0.25) is 5.28 Å². The van der Waals surface area contributed by atoms with Crippen LogP contribution in [0.25, 0.3) is 0 Å². The summed E-state index contributed by atoms with van der Waals surface area (Å²) in [7, 11) is 6.23. The lowest BCUT2D eigenvalue weighted by molar-refractivity contribution is 0.395. The van der Waals surface area contributed by atoms with Gasteiger partial charge in [0.15, 0.2) is 11.6 Å². The first-order valence-corrected chi connectivity index (χ1v) is 8.94. The van der Waals surface area contributed by atoms with Crippen LogP contribution in [0, 0.1) is 5.82 Å². The summed E-state index contributed by atoms with van der Waals surface area (Å²) in [4.78, 5) is 7.31. The second kappa shape index (κ2) is 10.9. The van der Waals surface area contributed by atoms with Gasteiger partial charge in [0.05, 0.1) is 46.0 Å². The van der Waals surface area contributed by atoms with Crippen molar-refractivity contribution in [3.8, 4) is 23.0 Å². The molecule has 3 rings (SSSR count). The zero-order valence-corrected chi connectivity index (χ0v) is 17.7. The van der Waals surface area contributed by atoms with Gasteiger partial charge in [-0.25, -0.2) is 9.37 Å². The molecule has 0 amide bonds. The molecule has 0 saturated carbocycles. The van der Waals surface area contributed by atoms with E-state index >= 15 is 0 Å². The van der Waals surface area contributed by atoms with Gasteiger partial charge in [-0.05, 0) is 35.9 Å². The first-order valence-electron chi connectivity index (χ1n) is 8.56. The van der Waals surface area contributed by atoms with Crippen molar-refractivity contribution in [3.05, 3.63) is 53.7 Å². The number of hydrogen-bond acceptors (Lipinski definition) is 8. The second-order valence-electron chi connectivity index (χ2n) is 5.63. The van der Waals surface area contributed by atoms with Crippen molar-refractivity contribution < 1.29 is 23.3 Å². The Hall–Kier alpha value is -3.46. The van der Waals surface area contributed by atoms with Gasteiger partial charge >= 0.3 is 0 Å². The topological polar surface area (TPSA) is 101 Å². The van der Waals surface area contributed by atoms with Crippen molar-refractivity contribution in [2.24, 2.45) is 0 Å². The average Bonchev–Trinajstić information content (AvgIpc) is 2.77. The number of nitrogens with zero attached hydrogens (tertiary/aromatic N) is 2. The first-order chi connectivity index (χ1) is 14.4. The van der Waals surface area contributed by atoms with Crippen molar-refractivity contribution in [2.45, 2.75) is 0 Å². The maximum atomic E-state index is 13.5. The van der Waals surface area contributed by atoms with Crippen LogP contribution in [0.1, 0.15) is 0 Å². The van der Waals surface area contributed by atoms with Crippen molar-refractivity contribution >= 4 is 28.8 Å². The number of nitrogen functional groups attached to an aromatic ring is 1. The fourth-order valence-electron chi connectivity index (χ4n) is 2.28. The van der Waals surface area contributed by atoms with Gasteiger partial charge in [0.25, 0.3) is 0 Å². The molecule has 160 valence electrons. The molecule has 0 atom stereocenters. The molecule has 1 aromatic heterocycles. The summed E-state index contributed by atoms with van der Waals surface area (Å²) in [6.45, 7) is 0. The maximum absolute atomic E-state index is 13.5. The van der Waals surface area contributed by atoms with Crippen LogP contribution in [0.15, 0.2) is 42.6 Å². The molecule has 0 bridgehead atoms. The lowest BCUT2D eigenvalue weighted by Gasteiger charge is -2.12. The molecule has 3 N–H and O–H groups in total. The van der Waals surface area contributed by atoms with Crippen LogP contribution in [0.4, 0.5) is 21.6 Å². The fourth-order valence-corrected chi connectivity index (χ4v) is 2.41.